The number of carbonyl (C=O) groups is 2. The third-order valence-electron chi connectivity index (χ3n) is 5.00. The monoisotopic (exact) mass is 475 g/mol. The Morgan fingerprint density at radius 3 is 2.31 bits per heavy atom. The molecule has 32 heavy (non-hydrogen) atoms. The van der Waals surface area contributed by atoms with Crippen molar-refractivity contribution in [2.24, 2.45) is 21.7 Å². The van der Waals surface area contributed by atoms with Gasteiger partial charge < -0.3 is 10.6 Å². The van der Waals surface area contributed by atoms with Gasteiger partial charge in [0.15, 0.2) is 0 Å². The summed E-state index contributed by atoms with van der Waals surface area (Å²) in [6, 6.07) is 11.4. The number of carbonyl (C=O) groups excluding carboxylic acids is 2. The molecule has 1 heterocycles. The summed E-state index contributed by atoms with van der Waals surface area (Å²) < 4.78 is 0. The second-order valence-corrected chi connectivity index (χ2v) is 8.54. The van der Waals surface area contributed by atoms with Crippen LogP contribution in [0.15, 0.2) is 52.6 Å². The average molecular weight is 476 g/mol. The highest BCUT2D eigenvalue weighted by molar-refractivity contribution is 6.47. The molecule has 2 aromatic carbocycles. The van der Waals surface area contributed by atoms with Crippen LogP contribution in [-0.4, -0.2) is 34.0 Å². The van der Waals surface area contributed by atoms with Crippen LogP contribution in [-0.2, 0) is 4.79 Å². The van der Waals surface area contributed by atoms with Crippen molar-refractivity contribution in [2.75, 3.05) is 0 Å². The van der Waals surface area contributed by atoms with Crippen LogP contribution in [0.25, 0.3) is 0 Å². The largest absolute Gasteiger partial charge is 0.368 e. The van der Waals surface area contributed by atoms with Gasteiger partial charge in [-0.25, -0.2) is 11.4 Å². The summed E-state index contributed by atoms with van der Waals surface area (Å²) in [5, 5.41) is 6.72. The molecule has 0 fully saturated rings. The van der Waals surface area contributed by atoms with Crippen molar-refractivity contribution >= 4 is 46.7 Å². The minimum absolute atomic E-state index is 0.162. The van der Waals surface area contributed by atoms with Gasteiger partial charge in [0, 0.05) is 21.2 Å². The molecule has 168 valence electrons. The first-order valence-electron chi connectivity index (χ1n) is 9.63. The molecular weight excluding hydrogens is 453 g/mol. The summed E-state index contributed by atoms with van der Waals surface area (Å²) >= 11 is 12.2. The number of nitrogens with zero attached hydrogens (tertiary/aromatic N) is 3. The van der Waals surface area contributed by atoms with Crippen molar-refractivity contribution in [1.29, 1.82) is 0 Å². The van der Waals surface area contributed by atoms with Gasteiger partial charge in [-0.3, -0.25) is 19.9 Å². The van der Waals surface area contributed by atoms with Crippen LogP contribution in [0.3, 0.4) is 0 Å². The first kappa shape index (κ1) is 23.5. The predicted octanol–water partition coefficient (Wildman–Crippen LogP) is 2.54. The van der Waals surface area contributed by atoms with Crippen LogP contribution in [0.2, 0.25) is 10.0 Å². The zero-order chi connectivity index (χ0) is 23.6. The summed E-state index contributed by atoms with van der Waals surface area (Å²) in [5.74, 6) is 4.19. The fraction of sp³-hybridized carbons (Fsp3) is 0.238. The van der Waals surface area contributed by atoms with Gasteiger partial charge in [-0.1, -0.05) is 35.3 Å². The van der Waals surface area contributed by atoms with Gasteiger partial charge in [0.25, 0.3) is 11.8 Å². The Bertz CT molecular complexity index is 1090. The Balaban J connectivity index is 1.83. The molecule has 2 amide bonds. The maximum atomic E-state index is 13.3. The van der Waals surface area contributed by atoms with Crippen molar-refractivity contribution in [3.63, 3.8) is 0 Å². The molecule has 0 bridgehead atoms. The maximum absolute atomic E-state index is 13.3. The number of halogens is 2. The van der Waals surface area contributed by atoms with E-state index in [1.54, 1.807) is 47.4 Å². The molecule has 9 nitrogen and oxygen atoms in total. The second kappa shape index (κ2) is 9.15. The van der Waals surface area contributed by atoms with Gasteiger partial charge in [0.1, 0.15) is 11.4 Å². The number of amides is 2. The van der Waals surface area contributed by atoms with E-state index in [9.17, 15) is 9.59 Å². The minimum Gasteiger partial charge on any atom is -0.368 e. The van der Waals surface area contributed by atoms with Gasteiger partial charge in [-0.15, -0.1) is 5.10 Å². The van der Waals surface area contributed by atoms with Crippen LogP contribution in [0.5, 0.6) is 0 Å². The minimum atomic E-state index is -0.795. The first-order chi connectivity index (χ1) is 15.0. The summed E-state index contributed by atoms with van der Waals surface area (Å²) in [5.41, 5.74) is 8.77. The Hall–Kier alpha value is -3.14. The molecule has 1 atom stereocenters. The Morgan fingerprint density at radius 1 is 1.16 bits per heavy atom. The Kier molecular flexibility index (Phi) is 6.73. The maximum Gasteiger partial charge on any atom is 0.275 e. The lowest BCUT2D eigenvalue weighted by molar-refractivity contribution is -0.129. The number of hydrazine groups is 1. The number of nitrogens with two attached hydrogens (primary N) is 2. The number of aliphatic imine (C=N–C) groups is 1. The molecule has 1 unspecified atom stereocenters. The summed E-state index contributed by atoms with van der Waals surface area (Å²) in [7, 11) is 0. The van der Waals surface area contributed by atoms with E-state index in [0.717, 1.165) is 5.56 Å². The van der Waals surface area contributed by atoms with Crippen LogP contribution < -0.4 is 22.4 Å². The number of nitrogens with one attached hydrogen (secondary N) is 2. The van der Waals surface area contributed by atoms with E-state index in [0.29, 0.717) is 26.9 Å². The van der Waals surface area contributed by atoms with Gasteiger partial charge in [0.2, 0.25) is 5.96 Å². The third kappa shape index (κ3) is 4.85. The van der Waals surface area contributed by atoms with Crippen LogP contribution in [0.4, 0.5) is 0 Å². The van der Waals surface area contributed by atoms with Crippen molar-refractivity contribution in [1.82, 2.24) is 15.8 Å². The molecule has 6 N–H and O–H groups in total. The van der Waals surface area contributed by atoms with Gasteiger partial charge in [-0.2, -0.15) is 0 Å². The molecule has 3 rings (SSSR count). The Morgan fingerprint density at radius 2 is 1.75 bits per heavy atom. The van der Waals surface area contributed by atoms with E-state index < -0.39 is 11.6 Å². The highest BCUT2D eigenvalue weighted by Crippen LogP contribution is 2.35. The van der Waals surface area contributed by atoms with Gasteiger partial charge in [-0.05, 0) is 56.7 Å². The smallest absolute Gasteiger partial charge is 0.275 e. The number of hydrogen-bond donors (Lipinski definition) is 4. The topological polar surface area (TPSA) is 138 Å². The molecular formula is C21H23Cl2N7O2. The first-order valence-corrected chi connectivity index (χ1v) is 10.4. The normalized spacial score (nSPS) is 16.6. The van der Waals surface area contributed by atoms with E-state index in [2.05, 4.69) is 15.4 Å². The summed E-state index contributed by atoms with van der Waals surface area (Å²) in [6.07, 6.45) is 0. The zero-order valence-corrected chi connectivity index (χ0v) is 19.2. The molecule has 1 aliphatic heterocycles. The van der Waals surface area contributed by atoms with E-state index in [-0.39, 0.29) is 17.9 Å². The van der Waals surface area contributed by atoms with Crippen molar-refractivity contribution in [2.45, 2.75) is 32.5 Å². The molecule has 0 radical (unpaired) electrons. The van der Waals surface area contributed by atoms with Crippen molar-refractivity contribution < 1.29 is 9.59 Å². The molecule has 0 aliphatic carbocycles. The predicted molar refractivity (Wildman–Crippen MR) is 125 cm³/mol. The molecule has 1 aliphatic rings. The van der Waals surface area contributed by atoms with Gasteiger partial charge in [0.05, 0.1) is 6.04 Å². The summed E-state index contributed by atoms with van der Waals surface area (Å²) in [6.45, 7) is 5.61. The molecule has 0 saturated heterocycles. The van der Waals surface area contributed by atoms with Crippen molar-refractivity contribution in [3.05, 3.63) is 69.2 Å². The number of hydrogen-bond acceptors (Lipinski definition) is 6. The number of guanidine groups is 1. The highest BCUT2D eigenvalue weighted by Gasteiger charge is 2.43. The molecule has 0 aromatic heterocycles. The van der Waals surface area contributed by atoms with Gasteiger partial charge >= 0.3 is 0 Å². The number of rotatable bonds is 5. The summed E-state index contributed by atoms with van der Waals surface area (Å²) in [4.78, 5) is 31.9. The van der Waals surface area contributed by atoms with Crippen LogP contribution in [0, 0.1) is 0 Å². The SMILES string of the molecule is CC(c1ccc(C(=O)N/C(N)=N/NN)cc1)N1C(=O)C(c2cc(Cl)cc(Cl)c2)=NC1(C)C. The lowest BCUT2D eigenvalue weighted by Gasteiger charge is -2.35. The molecule has 11 heteroatoms. The molecule has 0 spiro atoms. The highest BCUT2D eigenvalue weighted by atomic mass is 35.5. The van der Waals surface area contributed by atoms with Crippen molar-refractivity contribution in [3.8, 4) is 0 Å². The molecule has 0 saturated carbocycles. The number of benzene rings is 2. The van der Waals surface area contributed by atoms with E-state index in [1.807, 2.05) is 26.3 Å². The Labute approximate surface area is 195 Å². The second-order valence-electron chi connectivity index (χ2n) is 7.67. The van der Waals surface area contributed by atoms with Crippen LogP contribution >= 0.6 is 23.2 Å². The fourth-order valence-electron chi connectivity index (χ4n) is 3.61. The fourth-order valence-corrected chi connectivity index (χ4v) is 4.14. The average Bonchev–Trinajstić information content (AvgIpc) is 2.95. The quantitative estimate of drug-likeness (QED) is 0.227. The van der Waals surface area contributed by atoms with E-state index >= 15 is 0 Å². The lowest BCUT2D eigenvalue weighted by Crippen LogP contribution is -2.44. The van der Waals surface area contributed by atoms with E-state index in [4.69, 9.17) is 34.8 Å². The lowest BCUT2D eigenvalue weighted by atomic mass is 10.0. The number of hydrazone groups is 1. The third-order valence-corrected chi connectivity index (χ3v) is 5.44. The van der Waals surface area contributed by atoms with Crippen LogP contribution in [0.1, 0.15) is 48.3 Å². The standard InChI is InChI=1S/C21H23Cl2N7O2/c1-11(12-4-6-13(7-5-12)18(31)26-20(24)28-29-25)30-19(32)17(27-21(30,2)3)14-8-15(22)10-16(23)9-14/h4-11,29H,25H2,1-3H3,(H3,24,26,28,31). The zero-order valence-electron chi connectivity index (χ0n) is 17.7. The van der Waals surface area contributed by atoms with E-state index in [1.165, 1.54) is 0 Å². The molecule has 2 aromatic rings.